The predicted octanol–water partition coefficient (Wildman–Crippen LogP) is 2.72. The number of hydrogen-bond acceptors (Lipinski definition) is 3. The highest BCUT2D eigenvalue weighted by molar-refractivity contribution is 5.55. The fourth-order valence-corrected chi connectivity index (χ4v) is 2.53. The van der Waals surface area contributed by atoms with Crippen molar-refractivity contribution in [2.45, 2.75) is 32.4 Å². The van der Waals surface area contributed by atoms with E-state index in [0.717, 1.165) is 37.4 Å². The maximum Gasteiger partial charge on any atom is 0.123 e. The summed E-state index contributed by atoms with van der Waals surface area (Å²) in [6, 6.07) is 5.19. The zero-order valence-electron chi connectivity index (χ0n) is 11.9. The lowest BCUT2D eigenvalue weighted by atomic mass is 10.0. The first kappa shape index (κ1) is 14.3. The Labute approximate surface area is 114 Å². The smallest absolute Gasteiger partial charge is 0.123 e. The number of ether oxygens (including phenoxy) is 1. The van der Waals surface area contributed by atoms with Crippen LogP contribution >= 0.6 is 0 Å². The SMILES string of the molecule is CNC(C)c1cc(F)ccc1N1CCCOC(C)C1. The van der Waals surface area contributed by atoms with Gasteiger partial charge in [-0.15, -0.1) is 0 Å². The van der Waals surface area contributed by atoms with Gasteiger partial charge >= 0.3 is 0 Å². The van der Waals surface area contributed by atoms with E-state index in [1.165, 1.54) is 6.07 Å². The molecule has 2 atom stereocenters. The summed E-state index contributed by atoms with van der Waals surface area (Å²) in [6.07, 6.45) is 1.22. The average molecular weight is 266 g/mol. The Morgan fingerprint density at radius 3 is 3.00 bits per heavy atom. The van der Waals surface area contributed by atoms with Crippen LogP contribution in [0, 0.1) is 5.82 Å². The summed E-state index contributed by atoms with van der Waals surface area (Å²) in [6.45, 7) is 6.75. The summed E-state index contributed by atoms with van der Waals surface area (Å²) in [4.78, 5) is 2.31. The second-order valence-corrected chi connectivity index (χ2v) is 5.19. The molecule has 1 aromatic rings. The van der Waals surface area contributed by atoms with Gasteiger partial charge in [-0.3, -0.25) is 0 Å². The number of hydrogen-bond donors (Lipinski definition) is 1. The quantitative estimate of drug-likeness (QED) is 0.910. The van der Waals surface area contributed by atoms with Gasteiger partial charge in [0.2, 0.25) is 0 Å². The molecule has 0 radical (unpaired) electrons. The van der Waals surface area contributed by atoms with Crippen LogP contribution in [0.2, 0.25) is 0 Å². The molecule has 2 unspecified atom stereocenters. The summed E-state index contributed by atoms with van der Waals surface area (Å²) in [5.41, 5.74) is 2.12. The molecule has 0 bridgehead atoms. The molecule has 4 heteroatoms. The van der Waals surface area contributed by atoms with E-state index in [4.69, 9.17) is 4.74 Å². The van der Waals surface area contributed by atoms with Crippen molar-refractivity contribution in [1.82, 2.24) is 5.32 Å². The van der Waals surface area contributed by atoms with E-state index in [1.54, 1.807) is 6.07 Å². The first-order valence-electron chi connectivity index (χ1n) is 6.95. The van der Waals surface area contributed by atoms with E-state index in [0.29, 0.717) is 0 Å². The average Bonchev–Trinajstić information content (AvgIpc) is 2.62. The number of halogens is 1. The van der Waals surface area contributed by atoms with Crippen molar-refractivity contribution in [3.05, 3.63) is 29.6 Å². The Kier molecular flexibility index (Phi) is 4.77. The summed E-state index contributed by atoms with van der Waals surface area (Å²) >= 11 is 0. The molecule has 3 nitrogen and oxygen atoms in total. The second kappa shape index (κ2) is 6.35. The third-order valence-corrected chi connectivity index (χ3v) is 3.68. The lowest BCUT2D eigenvalue weighted by molar-refractivity contribution is 0.0820. The highest BCUT2D eigenvalue weighted by Crippen LogP contribution is 2.28. The van der Waals surface area contributed by atoms with Crippen molar-refractivity contribution < 1.29 is 9.13 Å². The molecule has 2 rings (SSSR count). The molecule has 106 valence electrons. The Morgan fingerprint density at radius 2 is 2.26 bits per heavy atom. The monoisotopic (exact) mass is 266 g/mol. The molecule has 1 saturated heterocycles. The third kappa shape index (κ3) is 3.45. The normalized spacial score (nSPS) is 22.1. The number of anilines is 1. The van der Waals surface area contributed by atoms with Crippen LogP contribution in [0.4, 0.5) is 10.1 Å². The first-order chi connectivity index (χ1) is 9.11. The fraction of sp³-hybridized carbons (Fsp3) is 0.600. The molecule has 1 aromatic carbocycles. The second-order valence-electron chi connectivity index (χ2n) is 5.19. The fourth-order valence-electron chi connectivity index (χ4n) is 2.53. The minimum Gasteiger partial charge on any atom is -0.377 e. The van der Waals surface area contributed by atoms with Crippen molar-refractivity contribution in [3.63, 3.8) is 0 Å². The Balaban J connectivity index is 2.31. The molecule has 1 N–H and O–H groups in total. The van der Waals surface area contributed by atoms with Crippen LogP contribution in [0.15, 0.2) is 18.2 Å². The van der Waals surface area contributed by atoms with Crippen molar-refractivity contribution in [3.8, 4) is 0 Å². The van der Waals surface area contributed by atoms with Gasteiger partial charge < -0.3 is 15.0 Å². The molecule has 0 amide bonds. The largest absolute Gasteiger partial charge is 0.377 e. The molecule has 1 fully saturated rings. The minimum absolute atomic E-state index is 0.130. The van der Waals surface area contributed by atoms with Crippen LogP contribution in [-0.2, 0) is 4.74 Å². The molecule has 0 saturated carbocycles. The third-order valence-electron chi connectivity index (χ3n) is 3.68. The van der Waals surface area contributed by atoms with E-state index >= 15 is 0 Å². The van der Waals surface area contributed by atoms with Gasteiger partial charge in [-0.05, 0) is 51.1 Å². The first-order valence-corrected chi connectivity index (χ1v) is 6.95. The standard InChI is InChI=1S/C15H23FN2O/c1-11-10-18(7-4-8-19-11)15-6-5-13(16)9-14(15)12(2)17-3/h5-6,9,11-12,17H,4,7-8,10H2,1-3H3. The van der Waals surface area contributed by atoms with Gasteiger partial charge in [-0.25, -0.2) is 4.39 Å². The minimum atomic E-state index is -0.181. The van der Waals surface area contributed by atoms with Crippen LogP contribution in [-0.4, -0.2) is 32.8 Å². The van der Waals surface area contributed by atoms with Crippen LogP contribution in [0.1, 0.15) is 31.9 Å². The summed E-state index contributed by atoms with van der Waals surface area (Å²) in [7, 11) is 1.90. The molecular formula is C15H23FN2O. The van der Waals surface area contributed by atoms with Gasteiger partial charge in [0, 0.05) is 31.4 Å². The number of rotatable bonds is 3. The van der Waals surface area contributed by atoms with Gasteiger partial charge in [-0.2, -0.15) is 0 Å². The van der Waals surface area contributed by atoms with E-state index in [2.05, 4.69) is 24.1 Å². The number of nitrogens with zero attached hydrogens (tertiary/aromatic N) is 1. The van der Waals surface area contributed by atoms with Gasteiger partial charge in [0.15, 0.2) is 0 Å². The molecule has 1 aliphatic heterocycles. The van der Waals surface area contributed by atoms with Gasteiger partial charge in [0.25, 0.3) is 0 Å². The summed E-state index contributed by atoms with van der Waals surface area (Å²) < 4.78 is 19.2. The number of nitrogens with one attached hydrogen (secondary N) is 1. The van der Waals surface area contributed by atoms with E-state index in [1.807, 2.05) is 13.1 Å². The highest BCUT2D eigenvalue weighted by Gasteiger charge is 2.20. The van der Waals surface area contributed by atoms with Crippen molar-refractivity contribution >= 4 is 5.69 Å². The molecule has 0 aromatic heterocycles. The lowest BCUT2D eigenvalue weighted by Crippen LogP contribution is -2.31. The van der Waals surface area contributed by atoms with E-state index in [9.17, 15) is 4.39 Å². The van der Waals surface area contributed by atoms with Crippen molar-refractivity contribution in [2.24, 2.45) is 0 Å². The Hall–Kier alpha value is -1.13. The van der Waals surface area contributed by atoms with Crippen LogP contribution < -0.4 is 10.2 Å². The van der Waals surface area contributed by atoms with Crippen LogP contribution in [0.5, 0.6) is 0 Å². The van der Waals surface area contributed by atoms with Crippen LogP contribution in [0.25, 0.3) is 0 Å². The topological polar surface area (TPSA) is 24.5 Å². The van der Waals surface area contributed by atoms with Crippen molar-refractivity contribution in [2.75, 3.05) is 31.6 Å². The van der Waals surface area contributed by atoms with Gasteiger partial charge in [0.05, 0.1) is 6.10 Å². The summed E-state index contributed by atoms with van der Waals surface area (Å²) in [5, 5.41) is 3.19. The zero-order valence-corrected chi connectivity index (χ0v) is 11.9. The Morgan fingerprint density at radius 1 is 1.47 bits per heavy atom. The molecule has 0 aliphatic carbocycles. The van der Waals surface area contributed by atoms with E-state index in [-0.39, 0.29) is 18.0 Å². The molecule has 0 spiro atoms. The van der Waals surface area contributed by atoms with Crippen LogP contribution in [0.3, 0.4) is 0 Å². The molecule has 1 aliphatic rings. The summed E-state index contributed by atoms with van der Waals surface area (Å²) in [5.74, 6) is -0.181. The van der Waals surface area contributed by atoms with Crippen molar-refractivity contribution in [1.29, 1.82) is 0 Å². The molecule has 19 heavy (non-hydrogen) atoms. The lowest BCUT2D eigenvalue weighted by Gasteiger charge is -2.28. The predicted molar refractivity (Wildman–Crippen MR) is 76.1 cm³/mol. The molecular weight excluding hydrogens is 243 g/mol. The van der Waals surface area contributed by atoms with Gasteiger partial charge in [0.1, 0.15) is 5.82 Å². The molecule has 1 heterocycles. The van der Waals surface area contributed by atoms with E-state index < -0.39 is 0 Å². The highest BCUT2D eigenvalue weighted by atomic mass is 19.1. The maximum absolute atomic E-state index is 13.5. The zero-order chi connectivity index (χ0) is 13.8. The maximum atomic E-state index is 13.5. The van der Waals surface area contributed by atoms with Gasteiger partial charge in [-0.1, -0.05) is 0 Å². The number of benzene rings is 1. The Bertz CT molecular complexity index is 425.